The van der Waals surface area contributed by atoms with Crippen LogP contribution in [0.15, 0.2) is 48.5 Å². The van der Waals surface area contributed by atoms with E-state index in [4.69, 9.17) is 19.9 Å². The van der Waals surface area contributed by atoms with E-state index in [1.807, 2.05) is 0 Å². The second-order valence-corrected chi connectivity index (χ2v) is 6.17. The second-order valence-electron chi connectivity index (χ2n) is 6.17. The smallest absolute Gasteiger partial charge is 0.323 e. The van der Waals surface area contributed by atoms with Crippen LogP contribution < -0.4 is 15.2 Å². The monoisotopic (exact) mass is 397 g/mol. The molecule has 0 fully saturated rings. The van der Waals surface area contributed by atoms with Crippen LogP contribution in [0.4, 0.5) is 13.2 Å². The number of halogens is 3. The highest BCUT2D eigenvalue weighted by atomic mass is 19.3. The summed E-state index contributed by atoms with van der Waals surface area (Å²) in [5.74, 6) is -0.997. The van der Waals surface area contributed by atoms with Crippen molar-refractivity contribution in [1.29, 1.82) is 0 Å². The Bertz CT molecular complexity index is 771. The number of hydrogen-bond donors (Lipinski definition) is 1. The highest BCUT2D eigenvalue weighted by Gasteiger charge is 2.29. The molecule has 0 bridgehead atoms. The molecule has 5 nitrogen and oxygen atoms in total. The Hall–Kier alpha value is -2.74. The zero-order valence-corrected chi connectivity index (χ0v) is 15.5. The molecule has 28 heavy (non-hydrogen) atoms. The Morgan fingerprint density at radius 3 is 2.39 bits per heavy atom. The number of benzene rings is 2. The molecule has 0 aromatic heterocycles. The number of nitrogens with two attached hydrogens (primary N) is 1. The Morgan fingerprint density at radius 1 is 1.11 bits per heavy atom. The van der Waals surface area contributed by atoms with Crippen molar-refractivity contribution in [2.75, 3.05) is 6.61 Å². The molecular formula is C20H22F3NO4. The van der Waals surface area contributed by atoms with Gasteiger partial charge < -0.3 is 19.9 Å². The third kappa shape index (κ3) is 6.16. The van der Waals surface area contributed by atoms with E-state index in [0.717, 1.165) is 12.1 Å². The topological polar surface area (TPSA) is 70.8 Å². The molecule has 8 heteroatoms. The van der Waals surface area contributed by atoms with E-state index in [9.17, 15) is 18.0 Å². The maximum Gasteiger partial charge on any atom is 0.323 e. The van der Waals surface area contributed by atoms with Crippen molar-refractivity contribution in [3.8, 4) is 11.5 Å². The minimum absolute atomic E-state index is 0.120. The van der Waals surface area contributed by atoms with E-state index in [2.05, 4.69) is 0 Å². The van der Waals surface area contributed by atoms with Crippen molar-refractivity contribution in [3.05, 3.63) is 59.9 Å². The van der Waals surface area contributed by atoms with E-state index in [1.54, 1.807) is 37.3 Å². The average Bonchev–Trinajstić information content (AvgIpc) is 2.65. The van der Waals surface area contributed by atoms with Crippen LogP contribution in [0.1, 0.15) is 25.5 Å². The lowest BCUT2D eigenvalue weighted by atomic mass is 10.0. The van der Waals surface area contributed by atoms with E-state index < -0.39 is 43.1 Å². The van der Waals surface area contributed by atoms with Crippen LogP contribution in [0.25, 0.3) is 0 Å². The molecule has 0 heterocycles. The van der Waals surface area contributed by atoms with Crippen LogP contribution >= 0.6 is 0 Å². The summed E-state index contributed by atoms with van der Waals surface area (Å²) in [4.78, 5) is 11.9. The molecule has 0 spiro atoms. The normalized spacial score (nSPS) is 14.2. The molecule has 0 radical (unpaired) electrons. The van der Waals surface area contributed by atoms with Crippen molar-refractivity contribution in [2.24, 2.45) is 5.73 Å². The summed E-state index contributed by atoms with van der Waals surface area (Å²) in [6.07, 6.45) is -4.55. The van der Waals surface area contributed by atoms with Gasteiger partial charge in [0.2, 0.25) is 0 Å². The van der Waals surface area contributed by atoms with Gasteiger partial charge in [0.1, 0.15) is 36.1 Å². The van der Waals surface area contributed by atoms with Crippen molar-refractivity contribution in [3.63, 3.8) is 0 Å². The van der Waals surface area contributed by atoms with Crippen LogP contribution in [-0.2, 0) is 9.53 Å². The molecule has 2 N–H and O–H groups in total. The molecule has 0 amide bonds. The standard InChI is InChI=1S/C20H22F3NO4/c1-12(24)20(25)27-13(2)19(28-15-6-4-3-5-7-15)16-9-8-14(21)10-17(16)26-11-18(22)23/h3-10,12-13,18-19H,11,24H2,1-2H3/t12-,13-,19-/m0/s1. The van der Waals surface area contributed by atoms with Crippen LogP contribution in [0.5, 0.6) is 11.5 Å². The SMILES string of the molecule is C[C@H](N)C(=O)O[C@@H](C)[C@H](Oc1ccccc1)c1ccc(F)cc1OCC(F)F. The summed E-state index contributed by atoms with van der Waals surface area (Å²) in [6, 6.07) is 11.2. The van der Waals surface area contributed by atoms with Gasteiger partial charge in [-0.15, -0.1) is 0 Å². The van der Waals surface area contributed by atoms with Gasteiger partial charge in [-0.2, -0.15) is 0 Å². The van der Waals surface area contributed by atoms with Crippen molar-refractivity contribution in [2.45, 2.75) is 38.5 Å². The number of alkyl halides is 2. The van der Waals surface area contributed by atoms with E-state index >= 15 is 0 Å². The van der Waals surface area contributed by atoms with Gasteiger partial charge in [-0.1, -0.05) is 18.2 Å². The van der Waals surface area contributed by atoms with Gasteiger partial charge in [-0.05, 0) is 38.1 Å². The quantitative estimate of drug-likeness (QED) is 0.651. The average molecular weight is 397 g/mol. The molecule has 152 valence electrons. The molecule has 0 aliphatic carbocycles. The second kappa shape index (κ2) is 9.98. The van der Waals surface area contributed by atoms with E-state index in [-0.39, 0.29) is 11.3 Å². The lowest BCUT2D eigenvalue weighted by Gasteiger charge is -2.27. The van der Waals surface area contributed by atoms with Crippen molar-refractivity contribution >= 4 is 5.97 Å². The van der Waals surface area contributed by atoms with Gasteiger partial charge in [-0.3, -0.25) is 4.79 Å². The summed E-state index contributed by atoms with van der Waals surface area (Å²) < 4.78 is 55.2. The number of hydrogen-bond acceptors (Lipinski definition) is 5. The van der Waals surface area contributed by atoms with Gasteiger partial charge in [0.15, 0.2) is 6.10 Å². The summed E-state index contributed by atoms with van der Waals surface area (Å²) in [5, 5.41) is 0. The molecule has 0 aliphatic heterocycles. The summed E-state index contributed by atoms with van der Waals surface area (Å²) in [7, 11) is 0. The number of rotatable bonds is 9. The highest BCUT2D eigenvalue weighted by Crippen LogP contribution is 2.34. The first-order valence-corrected chi connectivity index (χ1v) is 8.66. The number of esters is 1. The van der Waals surface area contributed by atoms with Crippen molar-refractivity contribution in [1.82, 2.24) is 0 Å². The maximum atomic E-state index is 13.7. The highest BCUT2D eigenvalue weighted by molar-refractivity contribution is 5.75. The van der Waals surface area contributed by atoms with E-state index in [1.165, 1.54) is 13.0 Å². The Labute approximate surface area is 161 Å². The molecular weight excluding hydrogens is 375 g/mol. The number of carbonyl (C=O) groups is 1. The number of ether oxygens (including phenoxy) is 3. The molecule has 0 saturated heterocycles. The first-order valence-electron chi connectivity index (χ1n) is 8.66. The van der Waals surface area contributed by atoms with Gasteiger partial charge in [-0.25, -0.2) is 13.2 Å². The first kappa shape index (κ1) is 21.6. The van der Waals surface area contributed by atoms with Crippen molar-refractivity contribution < 1.29 is 32.2 Å². The summed E-state index contributed by atoms with van der Waals surface area (Å²) in [5.41, 5.74) is 5.79. The number of carbonyl (C=O) groups excluding carboxylic acids is 1. The zero-order valence-electron chi connectivity index (χ0n) is 15.5. The third-order valence-corrected chi connectivity index (χ3v) is 3.75. The Morgan fingerprint density at radius 2 is 1.79 bits per heavy atom. The first-order chi connectivity index (χ1) is 13.3. The van der Waals surface area contributed by atoms with Gasteiger partial charge in [0.05, 0.1) is 0 Å². The molecule has 3 atom stereocenters. The largest absolute Gasteiger partial charge is 0.487 e. The molecule has 2 aromatic carbocycles. The van der Waals surface area contributed by atoms with Crippen LogP contribution in [-0.4, -0.2) is 31.1 Å². The molecule has 0 unspecified atom stereocenters. The van der Waals surface area contributed by atoms with Gasteiger partial charge in [0, 0.05) is 11.6 Å². The molecule has 2 rings (SSSR count). The third-order valence-electron chi connectivity index (χ3n) is 3.75. The predicted octanol–water partition coefficient (Wildman–Crippen LogP) is 3.87. The lowest BCUT2D eigenvalue weighted by molar-refractivity contribution is -0.154. The van der Waals surface area contributed by atoms with Crippen LogP contribution in [0.3, 0.4) is 0 Å². The van der Waals surface area contributed by atoms with Gasteiger partial charge in [0.25, 0.3) is 6.43 Å². The Kier molecular flexibility index (Phi) is 7.69. The van der Waals surface area contributed by atoms with Crippen LogP contribution in [0.2, 0.25) is 0 Å². The van der Waals surface area contributed by atoms with Crippen LogP contribution in [0, 0.1) is 5.82 Å². The fraction of sp³-hybridized carbons (Fsp3) is 0.350. The molecule has 0 aliphatic rings. The van der Waals surface area contributed by atoms with Gasteiger partial charge >= 0.3 is 5.97 Å². The Balaban J connectivity index is 2.38. The summed E-state index contributed by atoms with van der Waals surface area (Å²) >= 11 is 0. The molecule has 0 saturated carbocycles. The zero-order chi connectivity index (χ0) is 20.7. The maximum absolute atomic E-state index is 13.7. The minimum atomic E-state index is -2.74. The minimum Gasteiger partial charge on any atom is -0.487 e. The summed E-state index contributed by atoms with van der Waals surface area (Å²) in [6.45, 7) is 2.12. The fourth-order valence-electron chi connectivity index (χ4n) is 2.43. The number of para-hydroxylation sites is 1. The molecule has 2 aromatic rings. The van der Waals surface area contributed by atoms with E-state index in [0.29, 0.717) is 5.75 Å². The predicted molar refractivity (Wildman–Crippen MR) is 96.9 cm³/mol. The fourth-order valence-corrected chi connectivity index (χ4v) is 2.43. The lowest BCUT2D eigenvalue weighted by Crippen LogP contribution is -2.35.